The number of rotatable bonds is 6. The fourth-order valence-electron chi connectivity index (χ4n) is 2.43. The van der Waals surface area contributed by atoms with E-state index in [0.29, 0.717) is 11.3 Å². The third kappa shape index (κ3) is 5.73. The number of aromatic amines is 1. The third-order valence-corrected chi connectivity index (χ3v) is 4.21. The maximum atomic E-state index is 13.8. The topological polar surface area (TPSA) is 161 Å². The Labute approximate surface area is 174 Å². The van der Waals surface area contributed by atoms with Crippen molar-refractivity contribution in [3.05, 3.63) is 47.3 Å². The van der Waals surface area contributed by atoms with Crippen molar-refractivity contribution in [2.24, 2.45) is 0 Å². The second kappa shape index (κ2) is 10.1. The Bertz CT molecular complexity index is 987. The first-order chi connectivity index (χ1) is 14.7. The molecule has 0 spiro atoms. The maximum absolute atomic E-state index is 13.8. The summed E-state index contributed by atoms with van der Waals surface area (Å²) in [4.78, 5) is 36.2. The highest BCUT2D eigenvalue weighted by Gasteiger charge is 2.48. The van der Waals surface area contributed by atoms with E-state index >= 15 is 0 Å². The number of aromatic nitrogens is 3. The lowest BCUT2D eigenvalue weighted by Crippen LogP contribution is -2.69. The van der Waals surface area contributed by atoms with Crippen molar-refractivity contribution in [2.75, 3.05) is 7.05 Å². The number of urea groups is 1. The van der Waals surface area contributed by atoms with Gasteiger partial charge >= 0.3 is 6.03 Å². The van der Waals surface area contributed by atoms with E-state index in [1.807, 2.05) is 5.32 Å². The second-order valence-corrected chi connectivity index (χ2v) is 6.36. The fraction of sp³-hybridized carbons (Fsp3) is 0.278. The summed E-state index contributed by atoms with van der Waals surface area (Å²) in [5.74, 6) is 3.29. The van der Waals surface area contributed by atoms with Gasteiger partial charge in [0.05, 0.1) is 6.20 Å². The molecule has 6 N–H and O–H groups in total. The summed E-state index contributed by atoms with van der Waals surface area (Å²) in [5.41, 5.74) is -0.345. The molecule has 13 heteroatoms. The number of alkyl halides is 2. The van der Waals surface area contributed by atoms with Crippen LogP contribution in [0.4, 0.5) is 13.6 Å². The van der Waals surface area contributed by atoms with Gasteiger partial charge in [0.25, 0.3) is 18.2 Å². The number of halogens is 2. The standard InChI is InChI=1S/C18H19F2N7O4/c1-18(16(19)20,24-17(30)21-2)13(15(29)26-31)23-14(28)11-6-3-10(4-7-11)5-8-12-9-22-27-25-12/h3-4,6-7,9,13,16,31H,1-2H3,(H,23,28)(H,26,29)(H2,21,24,30)(H,22,25,27)/t13-,18?/m1/s1. The van der Waals surface area contributed by atoms with E-state index in [4.69, 9.17) is 5.21 Å². The monoisotopic (exact) mass is 435 g/mol. The van der Waals surface area contributed by atoms with E-state index in [1.165, 1.54) is 43.0 Å². The fourth-order valence-corrected chi connectivity index (χ4v) is 2.43. The first kappa shape index (κ1) is 23.2. The van der Waals surface area contributed by atoms with Gasteiger partial charge < -0.3 is 16.0 Å². The molecule has 164 valence electrons. The van der Waals surface area contributed by atoms with E-state index in [1.54, 1.807) is 0 Å². The largest absolute Gasteiger partial charge is 0.341 e. The Hall–Kier alpha value is -4.05. The molecule has 0 saturated heterocycles. The van der Waals surface area contributed by atoms with Gasteiger partial charge in [0.15, 0.2) is 5.69 Å². The molecular weight excluding hydrogens is 416 g/mol. The molecule has 1 heterocycles. The van der Waals surface area contributed by atoms with Crippen LogP contribution in [-0.4, -0.2) is 63.5 Å². The first-order valence-electron chi connectivity index (χ1n) is 8.72. The molecule has 31 heavy (non-hydrogen) atoms. The van der Waals surface area contributed by atoms with E-state index in [9.17, 15) is 23.2 Å². The smallest absolute Gasteiger partial charge is 0.315 e. The Balaban J connectivity index is 2.23. The Morgan fingerprint density at radius 3 is 2.39 bits per heavy atom. The lowest BCUT2D eigenvalue weighted by atomic mass is 9.91. The lowest BCUT2D eigenvalue weighted by molar-refractivity contribution is -0.135. The predicted octanol–water partition coefficient (Wildman–Crippen LogP) is -0.239. The molecule has 0 aliphatic carbocycles. The normalized spacial score (nSPS) is 13.2. The molecule has 11 nitrogen and oxygen atoms in total. The van der Waals surface area contributed by atoms with Crippen LogP contribution in [0.25, 0.3) is 0 Å². The SMILES string of the molecule is CNC(=O)NC(C)(C(F)F)[C@H](NC(=O)c1ccc(C#Cc2c[nH]nn2)cc1)C(=O)NO. The van der Waals surface area contributed by atoms with E-state index < -0.39 is 35.9 Å². The molecule has 0 bridgehead atoms. The van der Waals surface area contributed by atoms with E-state index in [-0.39, 0.29) is 5.56 Å². The zero-order chi connectivity index (χ0) is 23.0. The second-order valence-electron chi connectivity index (χ2n) is 6.36. The quantitative estimate of drug-likeness (QED) is 0.209. The molecule has 1 aromatic heterocycles. The number of hydrogen-bond acceptors (Lipinski definition) is 6. The lowest BCUT2D eigenvalue weighted by Gasteiger charge is -2.36. The summed E-state index contributed by atoms with van der Waals surface area (Å²) in [5, 5.41) is 24.8. The van der Waals surface area contributed by atoms with Crippen molar-refractivity contribution >= 4 is 17.8 Å². The zero-order valence-corrected chi connectivity index (χ0v) is 16.4. The van der Waals surface area contributed by atoms with Gasteiger partial charge in [-0.1, -0.05) is 11.1 Å². The molecule has 0 radical (unpaired) electrons. The van der Waals surface area contributed by atoms with Crippen LogP contribution in [0, 0.1) is 11.8 Å². The number of amides is 4. The van der Waals surface area contributed by atoms with E-state index in [2.05, 4.69) is 37.9 Å². The number of hydrogen-bond donors (Lipinski definition) is 6. The van der Waals surface area contributed by atoms with Crippen molar-refractivity contribution in [2.45, 2.75) is 24.9 Å². The molecule has 0 fully saturated rings. The number of carbonyl (C=O) groups is 3. The van der Waals surface area contributed by atoms with Crippen LogP contribution in [0.2, 0.25) is 0 Å². The molecular formula is C18H19F2N7O4. The van der Waals surface area contributed by atoms with Gasteiger partial charge in [0.1, 0.15) is 11.6 Å². The van der Waals surface area contributed by atoms with Crippen LogP contribution in [0.5, 0.6) is 0 Å². The average molecular weight is 435 g/mol. The summed E-state index contributed by atoms with van der Waals surface area (Å²) in [7, 11) is 1.19. The van der Waals surface area contributed by atoms with Gasteiger partial charge in [-0.2, -0.15) is 0 Å². The number of nitrogens with one attached hydrogen (secondary N) is 5. The molecule has 1 unspecified atom stereocenters. The van der Waals surface area contributed by atoms with E-state index in [0.717, 1.165) is 6.92 Å². The van der Waals surface area contributed by atoms with Crippen molar-refractivity contribution in [3.63, 3.8) is 0 Å². The highest BCUT2D eigenvalue weighted by Crippen LogP contribution is 2.21. The first-order valence-corrected chi connectivity index (χ1v) is 8.72. The van der Waals surface area contributed by atoms with Gasteiger partial charge in [0.2, 0.25) is 0 Å². The van der Waals surface area contributed by atoms with Crippen LogP contribution in [0.1, 0.15) is 28.5 Å². The van der Waals surface area contributed by atoms with Crippen LogP contribution < -0.4 is 21.4 Å². The minimum Gasteiger partial charge on any atom is -0.341 e. The van der Waals surface area contributed by atoms with Crippen molar-refractivity contribution in [1.29, 1.82) is 0 Å². The zero-order valence-electron chi connectivity index (χ0n) is 16.4. The Kier molecular flexibility index (Phi) is 7.58. The summed E-state index contributed by atoms with van der Waals surface area (Å²) >= 11 is 0. The summed E-state index contributed by atoms with van der Waals surface area (Å²) in [6.07, 6.45) is -1.78. The van der Waals surface area contributed by atoms with Crippen molar-refractivity contribution < 1.29 is 28.4 Å². The van der Waals surface area contributed by atoms with Crippen LogP contribution in [0.15, 0.2) is 30.5 Å². The molecule has 2 rings (SSSR count). The molecule has 1 aromatic carbocycles. The summed E-state index contributed by atoms with van der Waals surface area (Å²) in [6, 6.07) is 2.71. The molecule has 0 aliphatic rings. The van der Waals surface area contributed by atoms with Crippen LogP contribution >= 0.6 is 0 Å². The number of carbonyl (C=O) groups excluding carboxylic acids is 3. The third-order valence-electron chi connectivity index (χ3n) is 4.21. The van der Waals surface area contributed by atoms with Gasteiger partial charge in [-0.05, 0) is 37.1 Å². The minimum atomic E-state index is -3.28. The molecule has 0 aliphatic heterocycles. The molecule has 4 amide bonds. The minimum absolute atomic E-state index is 0.0271. The highest BCUT2D eigenvalue weighted by molar-refractivity contribution is 5.98. The maximum Gasteiger partial charge on any atom is 0.315 e. The molecule has 0 saturated carbocycles. The Morgan fingerprint density at radius 1 is 1.19 bits per heavy atom. The van der Waals surface area contributed by atoms with Gasteiger partial charge in [-0.3, -0.25) is 19.9 Å². The number of H-pyrrole nitrogens is 1. The van der Waals surface area contributed by atoms with Crippen molar-refractivity contribution in [1.82, 2.24) is 36.8 Å². The molecule has 2 aromatic rings. The van der Waals surface area contributed by atoms with Gasteiger partial charge in [-0.15, -0.1) is 5.10 Å². The average Bonchev–Trinajstić information content (AvgIpc) is 3.29. The van der Waals surface area contributed by atoms with Gasteiger partial charge in [-0.25, -0.2) is 19.1 Å². The summed E-state index contributed by atoms with van der Waals surface area (Å²) in [6.45, 7) is 0.857. The predicted molar refractivity (Wildman–Crippen MR) is 102 cm³/mol. The van der Waals surface area contributed by atoms with Crippen molar-refractivity contribution in [3.8, 4) is 11.8 Å². The van der Waals surface area contributed by atoms with Crippen LogP contribution in [0.3, 0.4) is 0 Å². The number of benzene rings is 1. The summed E-state index contributed by atoms with van der Waals surface area (Å²) < 4.78 is 27.5. The Morgan fingerprint density at radius 2 is 1.87 bits per heavy atom. The van der Waals surface area contributed by atoms with Gasteiger partial charge in [0, 0.05) is 18.2 Å². The number of nitrogens with zero attached hydrogens (tertiary/aromatic N) is 2. The number of hydroxylamine groups is 1. The molecule has 2 atom stereocenters. The highest BCUT2D eigenvalue weighted by atomic mass is 19.3. The van der Waals surface area contributed by atoms with Crippen LogP contribution in [-0.2, 0) is 4.79 Å².